The van der Waals surface area contributed by atoms with Gasteiger partial charge in [0.1, 0.15) is 11.8 Å². The van der Waals surface area contributed by atoms with Crippen molar-refractivity contribution in [3.05, 3.63) is 53.2 Å². The molecule has 0 saturated carbocycles. The van der Waals surface area contributed by atoms with E-state index in [9.17, 15) is 4.79 Å². The number of nitrogens with zero attached hydrogens (tertiary/aromatic N) is 3. The number of methoxy groups -OCH3 is 4. The summed E-state index contributed by atoms with van der Waals surface area (Å²) in [6.07, 6.45) is 1.22. The Labute approximate surface area is 210 Å². The number of hydrogen-bond acceptors (Lipinski definition) is 8. The molecule has 9 nitrogen and oxygen atoms in total. The first-order valence-corrected chi connectivity index (χ1v) is 11.7. The van der Waals surface area contributed by atoms with Gasteiger partial charge in [0.15, 0.2) is 23.1 Å². The number of allylic oxidation sites excluding steroid dienone is 2. The number of nitrogens with one attached hydrogen (secondary N) is 1. The Hall–Kier alpha value is -4.01. The van der Waals surface area contributed by atoms with Gasteiger partial charge in [0, 0.05) is 23.3 Å². The van der Waals surface area contributed by atoms with E-state index in [1.165, 1.54) is 0 Å². The van der Waals surface area contributed by atoms with Crippen molar-refractivity contribution in [1.29, 1.82) is 0 Å². The SMILES string of the molecule is COc1ccc(C2C3=C(CC(C)(C)CC3=O)Nc3nc(-c4cc(OC)c(OC)c(OC)c4)nn32)cc1. The molecule has 188 valence electrons. The van der Waals surface area contributed by atoms with Crippen LogP contribution in [-0.2, 0) is 4.79 Å². The van der Waals surface area contributed by atoms with E-state index < -0.39 is 6.04 Å². The molecule has 2 heterocycles. The average Bonchev–Trinajstić information content (AvgIpc) is 3.29. The van der Waals surface area contributed by atoms with Gasteiger partial charge < -0.3 is 24.3 Å². The molecule has 1 aromatic heterocycles. The monoisotopic (exact) mass is 490 g/mol. The number of aromatic nitrogens is 3. The molecule has 0 saturated heterocycles. The number of carbonyl (C=O) groups is 1. The molecule has 2 aliphatic rings. The normalized spacial score (nSPS) is 18.2. The summed E-state index contributed by atoms with van der Waals surface area (Å²) in [5, 5.41) is 8.28. The van der Waals surface area contributed by atoms with Gasteiger partial charge in [0.05, 0.1) is 28.4 Å². The molecule has 5 rings (SSSR count). The third kappa shape index (κ3) is 3.94. The Bertz CT molecular complexity index is 1330. The fourth-order valence-electron chi connectivity index (χ4n) is 5.04. The van der Waals surface area contributed by atoms with Crippen LogP contribution in [0.25, 0.3) is 11.4 Å². The van der Waals surface area contributed by atoms with E-state index in [0.29, 0.717) is 41.0 Å². The van der Waals surface area contributed by atoms with Crippen LogP contribution in [0.15, 0.2) is 47.7 Å². The number of benzene rings is 2. The second-order valence-corrected chi connectivity index (χ2v) is 9.75. The second kappa shape index (κ2) is 8.89. The summed E-state index contributed by atoms with van der Waals surface area (Å²) in [6.45, 7) is 4.22. The zero-order valence-electron chi connectivity index (χ0n) is 21.3. The first-order valence-electron chi connectivity index (χ1n) is 11.7. The summed E-state index contributed by atoms with van der Waals surface area (Å²) in [5.74, 6) is 3.42. The maximum Gasteiger partial charge on any atom is 0.226 e. The van der Waals surface area contributed by atoms with Crippen LogP contribution in [0.1, 0.15) is 38.3 Å². The van der Waals surface area contributed by atoms with Gasteiger partial charge in [0.2, 0.25) is 11.7 Å². The van der Waals surface area contributed by atoms with E-state index in [0.717, 1.165) is 29.0 Å². The van der Waals surface area contributed by atoms with E-state index in [-0.39, 0.29) is 11.2 Å². The highest BCUT2D eigenvalue weighted by atomic mass is 16.5. The number of anilines is 1. The zero-order valence-corrected chi connectivity index (χ0v) is 21.3. The Kier molecular flexibility index (Phi) is 5.86. The Morgan fingerprint density at radius 3 is 2.19 bits per heavy atom. The molecule has 3 aromatic rings. The summed E-state index contributed by atoms with van der Waals surface area (Å²) < 4.78 is 23.6. The van der Waals surface area contributed by atoms with Gasteiger partial charge in [-0.05, 0) is 41.7 Å². The van der Waals surface area contributed by atoms with Crippen LogP contribution in [0.3, 0.4) is 0 Å². The lowest BCUT2D eigenvalue weighted by Gasteiger charge is -2.38. The first kappa shape index (κ1) is 23.7. The van der Waals surface area contributed by atoms with Gasteiger partial charge in [-0.25, -0.2) is 4.68 Å². The van der Waals surface area contributed by atoms with Gasteiger partial charge >= 0.3 is 0 Å². The van der Waals surface area contributed by atoms with Crippen molar-refractivity contribution in [2.45, 2.75) is 32.7 Å². The summed E-state index contributed by atoms with van der Waals surface area (Å²) in [5.41, 5.74) is 3.11. The maximum absolute atomic E-state index is 13.4. The largest absolute Gasteiger partial charge is 0.497 e. The second-order valence-electron chi connectivity index (χ2n) is 9.75. The highest BCUT2D eigenvalue weighted by molar-refractivity contribution is 6.00. The summed E-state index contributed by atoms with van der Waals surface area (Å²) in [6, 6.07) is 10.9. The maximum atomic E-state index is 13.4. The number of carbonyl (C=O) groups excluding carboxylic acids is 1. The van der Waals surface area contributed by atoms with Crippen LogP contribution < -0.4 is 24.3 Å². The average molecular weight is 491 g/mol. The summed E-state index contributed by atoms with van der Waals surface area (Å²) >= 11 is 0. The van der Waals surface area contributed by atoms with Crippen molar-refractivity contribution in [2.24, 2.45) is 5.41 Å². The number of ether oxygens (including phenoxy) is 4. The molecule has 1 N–H and O–H groups in total. The van der Waals surface area contributed by atoms with Crippen LogP contribution >= 0.6 is 0 Å². The molecular formula is C27H30N4O5. The molecule has 1 aliphatic heterocycles. The molecule has 0 fully saturated rings. The van der Waals surface area contributed by atoms with E-state index in [4.69, 9.17) is 29.0 Å². The van der Waals surface area contributed by atoms with Crippen LogP contribution in [-0.4, -0.2) is 49.0 Å². The molecule has 1 unspecified atom stereocenters. The lowest BCUT2D eigenvalue weighted by Crippen LogP contribution is -2.36. The summed E-state index contributed by atoms with van der Waals surface area (Å²) in [7, 11) is 6.33. The van der Waals surface area contributed by atoms with Crippen LogP contribution in [0, 0.1) is 5.41 Å². The Balaban J connectivity index is 1.66. The lowest BCUT2D eigenvalue weighted by molar-refractivity contribution is -0.118. The summed E-state index contributed by atoms with van der Waals surface area (Å²) in [4.78, 5) is 18.3. The van der Waals surface area contributed by atoms with Crippen molar-refractivity contribution in [3.63, 3.8) is 0 Å². The van der Waals surface area contributed by atoms with Crippen molar-refractivity contribution in [2.75, 3.05) is 33.8 Å². The van der Waals surface area contributed by atoms with E-state index >= 15 is 0 Å². The van der Waals surface area contributed by atoms with Crippen LogP contribution in [0.5, 0.6) is 23.0 Å². The molecule has 36 heavy (non-hydrogen) atoms. The highest BCUT2D eigenvalue weighted by Gasteiger charge is 2.42. The Morgan fingerprint density at radius 1 is 0.944 bits per heavy atom. The zero-order chi connectivity index (χ0) is 25.6. The fourth-order valence-corrected chi connectivity index (χ4v) is 5.04. The number of ketones is 1. The van der Waals surface area contributed by atoms with E-state index in [1.807, 2.05) is 36.4 Å². The molecule has 1 aliphatic carbocycles. The predicted octanol–water partition coefficient (Wildman–Crippen LogP) is 4.64. The molecule has 0 amide bonds. The third-order valence-electron chi connectivity index (χ3n) is 6.69. The number of rotatable bonds is 6. The molecule has 9 heteroatoms. The number of fused-ring (bicyclic) bond motifs is 1. The smallest absolute Gasteiger partial charge is 0.226 e. The van der Waals surface area contributed by atoms with Crippen molar-refractivity contribution in [3.8, 4) is 34.4 Å². The molecule has 0 radical (unpaired) electrons. The molecule has 0 bridgehead atoms. The number of hydrogen-bond donors (Lipinski definition) is 1. The van der Waals surface area contributed by atoms with Gasteiger partial charge in [-0.15, -0.1) is 5.10 Å². The highest BCUT2D eigenvalue weighted by Crippen LogP contribution is 2.46. The molecular weight excluding hydrogens is 460 g/mol. The number of Topliss-reactive ketones (excluding diaryl/α,β-unsaturated/α-hetero) is 1. The van der Waals surface area contributed by atoms with Crippen molar-refractivity contribution >= 4 is 11.7 Å². The van der Waals surface area contributed by atoms with Crippen LogP contribution in [0.4, 0.5) is 5.95 Å². The molecule has 1 atom stereocenters. The minimum atomic E-state index is -0.408. The van der Waals surface area contributed by atoms with Gasteiger partial charge in [-0.3, -0.25) is 4.79 Å². The Morgan fingerprint density at radius 2 is 1.61 bits per heavy atom. The third-order valence-corrected chi connectivity index (χ3v) is 6.69. The topological polar surface area (TPSA) is 96.7 Å². The van der Waals surface area contributed by atoms with Crippen molar-refractivity contribution < 1.29 is 23.7 Å². The van der Waals surface area contributed by atoms with Gasteiger partial charge in [0.25, 0.3) is 0 Å². The van der Waals surface area contributed by atoms with Gasteiger partial charge in [-0.1, -0.05) is 26.0 Å². The molecule has 0 spiro atoms. The fraction of sp³-hybridized carbons (Fsp3) is 0.370. The quantitative estimate of drug-likeness (QED) is 0.534. The lowest BCUT2D eigenvalue weighted by atomic mass is 9.73. The minimum Gasteiger partial charge on any atom is -0.497 e. The molecule has 2 aromatic carbocycles. The van der Waals surface area contributed by atoms with Gasteiger partial charge in [-0.2, -0.15) is 4.98 Å². The van der Waals surface area contributed by atoms with E-state index in [1.54, 1.807) is 33.1 Å². The first-order chi connectivity index (χ1) is 17.3. The standard InChI is InChI=1S/C27H30N4O5/c1-27(2)13-18-22(19(32)14-27)23(15-7-9-17(33-3)10-8-15)31-26(28-18)29-25(30-31)16-11-20(34-4)24(36-6)21(12-16)35-5/h7-12,23H,13-14H2,1-6H3,(H,28,29,30). The van der Waals surface area contributed by atoms with Crippen molar-refractivity contribution in [1.82, 2.24) is 14.8 Å². The predicted molar refractivity (Wildman–Crippen MR) is 135 cm³/mol. The van der Waals surface area contributed by atoms with E-state index in [2.05, 4.69) is 19.2 Å². The van der Waals surface area contributed by atoms with Crippen LogP contribution in [0.2, 0.25) is 0 Å². The minimum absolute atomic E-state index is 0.116.